The van der Waals surface area contributed by atoms with Gasteiger partial charge in [-0.25, -0.2) is 14.3 Å². The molecule has 0 aliphatic carbocycles. The zero-order valence-electron chi connectivity index (χ0n) is 15.4. The molecule has 28 heavy (non-hydrogen) atoms. The van der Waals surface area contributed by atoms with Gasteiger partial charge >= 0.3 is 12.0 Å². The second-order valence-corrected chi connectivity index (χ2v) is 6.79. The van der Waals surface area contributed by atoms with Gasteiger partial charge in [0, 0.05) is 24.2 Å². The van der Waals surface area contributed by atoms with Crippen LogP contribution in [0.3, 0.4) is 0 Å². The van der Waals surface area contributed by atoms with Crippen LogP contribution in [0.2, 0.25) is 0 Å². The van der Waals surface area contributed by atoms with Crippen molar-refractivity contribution in [3.8, 4) is 5.69 Å². The first-order chi connectivity index (χ1) is 13.5. The number of benzene rings is 2. The molecule has 0 spiro atoms. The van der Waals surface area contributed by atoms with Crippen molar-refractivity contribution < 1.29 is 14.7 Å². The number of aromatic carboxylic acids is 1. The van der Waals surface area contributed by atoms with E-state index in [-0.39, 0.29) is 18.3 Å². The molecule has 1 aromatic heterocycles. The molecular weight excluding hydrogens is 356 g/mol. The van der Waals surface area contributed by atoms with Gasteiger partial charge in [0.1, 0.15) is 0 Å². The maximum absolute atomic E-state index is 12.7. The van der Waals surface area contributed by atoms with Gasteiger partial charge in [-0.15, -0.1) is 0 Å². The highest BCUT2D eigenvalue weighted by atomic mass is 16.4. The van der Waals surface area contributed by atoms with Gasteiger partial charge in [0.15, 0.2) is 5.69 Å². The third kappa shape index (κ3) is 3.34. The fourth-order valence-corrected chi connectivity index (χ4v) is 3.39. The van der Waals surface area contributed by atoms with E-state index in [1.54, 1.807) is 9.58 Å². The molecule has 2 amide bonds. The van der Waals surface area contributed by atoms with E-state index in [4.69, 9.17) is 0 Å². The average Bonchev–Trinajstić information content (AvgIpc) is 3.09. The van der Waals surface area contributed by atoms with E-state index in [1.165, 1.54) is 0 Å². The Morgan fingerprint density at radius 1 is 1.07 bits per heavy atom. The Labute approximate surface area is 162 Å². The number of hydrogen-bond acceptors (Lipinski definition) is 3. The number of nitrogens with one attached hydrogen (secondary N) is 1. The molecule has 0 atom stereocenters. The predicted octanol–water partition coefficient (Wildman–Crippen LogP) is 3.47. The van der Waals surface area contributed by atoms with Crippen molar-refractivity contribution >= 4 is 17.7 Å². The molecule has 2 heterocycles. The van der Waals surface area contributed by atoms with Gasteiger partial charge in [0.2, 0.25) is 0 Å². The highest BCUT2D eigenvalue weighted by Crippen LogP contribution is 2.26. The number of carbonyl (C=O) groups is 2. The molecule has 0 saturated heterocycles. The largest absolute Gasteiger partial charge is 0.476 e. The number of hydrogen-bond donors (Lipinski definition) is 2. The molecular formula is C21H20N4O3. The van der Waals surface area contributed by atoms with Crippen molar-refractivity contribution in [3.05, 3.63) is 77.1 Å². The fraction of sp³-hybridized carbons (Fsp3) is 0.190. The van der Waals surface area contributed by atoms with Gasteiger partial charge in [-0.05, 0) is 31.2 Å². The third-order valence-electron chi connectivity index (χ3n) is 4.85. The van der Waals surface area contributed by atoms with Crippen molar-refractivity contribution in [1.82, 2.24) is 14.7 Å². The maximum Gasteiger partial charge on any atom is 0.356 e. The van der Waals surface area contributed by atoms with Gasteiger partial charge in [0.05, 0.1) is 17.9 Å². The Hall–Kier alpha value is -3.61. The van der Waals surface area contributed by atoms with E-state index in [9.17, 15) is 14.7 Å². The first kappa shape index (κ1) is 17.8. The molecule has 7 heteroatoms. The number of nitrogens with zero attached hydrogens (tertiary/aromatic N) is 3. The summed E-state index contributed by atoms with van der Waals surface area (Å²) in [6.07, 6.45) is 0.534. The zero-order valence-corrected chi connectivity index (χ0v) is 15.4. The van der Waals surface area contributed by atoms with Crippen molar-refractivity contribution in [2.45, 2.75) is 19.9 Å². The molecule has 3 aromatic rings. The average molecular weight is 376 g/mol. The van der Waals surface area contributed by atoms with E-state index in [1.807, 2.05) is 61.5 Å². The monoisotopic (exact) mass is 376 g/mol. The van der Waals surface area contributed by atoms with Crippen LogP contribution in [-0.2, 0) is 13.0 Å². The number of carboxylic acid groups (broad SMARTS) is 1. The number of fused-ring (bicyclic) bond motifs is 1. The highest BCUT2D eigenvalue weighted by Gasteiger charge is 2.30. The Morgan fingerprint density at radius 2 is 1.79 bits per heavy atom. The maximum atomic E-state index is 12.7. The SMILES string of the molecule is Cc1ccc(NC(=O)N2CCc3c(c(C(=O)O)nn3-c3ccccc3)C2)cc1. The Balaban J connectivity index is 1.61. The quantitative estimate of drug-likeness (QED) is 0.733. The van der Waals surface area contributed by atoms with Crippen LogP contribution >= 0.6 is 0 Å². The number of rotatable bonds is 3. The number of para-hydroxylation sites is 1. The van der Waals surface area contributed by atoms with Crippen molar-refractivity contribution in [1.29, 1.82) is 0 Å². The van der Waals surface area contributed by atoms with Crippen molar-refractivity contribution in [3.63, 3.8) is 0 Å². The summed E-state index contributed by atoms with van der Waals surface area (Å²) in [6.45, 7) is 2.68. The lowest BCUT2D eigenvalue weighted by molar-refractivity contribution is 0.0687. The molecule has 7 nitrogen and oxygen atoms in total. The molecule has 0 bridgehead atoms. The lowest BCUT2D eigenvalue weighted by Gasteiger charge is -2.28. The van der Waals surface area contributed by atoms with E-state index in [2.05, 4.69) is 10.4 Å². The molecule has 2 aromatic carbocycles. The van der Waals surface area contributed by atoms with E-state index >= 15 is 0 Å². The van der Waals surface area contributed by atoms with Crippen LogP contribution in [0.15, 0.2) is 54.6 Å². The number of urea groups is 1. The standard InChI is InChI=1S/C21H20N4O3/c1-14-7-9-15(10-8-14)22-21(28)24-12-11-18-17(13-24)19(20(26)27)23-25(18)16-5-3-2-4-6-16/h2-10H,11-13H2,1H3,(H,22,28)(H,26,27). The molecule has 1 aliphatic heterocycles. The summed E-state index contributed by atoms with van der Waals surface area (Å²) in [7, 11) is 0. The molecule has 2 N–H and O–H groups in total. The van der Waals surface area contributed by atoms with E-state index < -0.39 is 5.97 Å². The molecule has 142 valence electrons. The van der Waals surface area contributed by atoms with Crippen LogP contribution < -0.4 is 5.32 Å². The minimum atomic E-state index is -1.09. The molecule has 0 saturated carbocycles. The molecule has 0 unspecified atom stereocenters. The van der Waals surface area contributed by atoms with Crippen LogP contribution in [0.4, 0.5) is 10.5 Å². The van der Waals surface area contributed by atoms with Crippen LogP contribution in [0.1, 0.15) is 27.3 Å². The molecule has 1 aliphatic rings. The van der Waals surface area contributed by atoms with Gasteiger partial charge < -0.3 is 15.3 Å². The summed E-state index contributed by atoms with van der Waals surface area (Å²) in [5.74, 6) is -1.09. The number of aryl methyl sites for hydroxylation is 1. The highest BCUT2D eigenvalue weighted by molar-refractivity contribution is 5.91. The summed E-state index contributed by atoms with van der Waals surface area (Å²) < 4.78 is 1.67. The van der Waals surface area contributed by atoms with Gasteiger partial charge in [-0.2, -0.15) is 5.10 Å². The first-order valence-electron chi connectivity index (χ1n) is 9.05. The summed E-state index contributed by atoms with van der Waals surface area (Å²) in [6, 6.07) is 16.7. The first-order valence-corrected chi connectivity index (χ1v) is 9.05. The Bertz CT molecular complexity index is 1030. The van der Waals surface area contributed by atoms with Gasteiger partial charge in [-0.3, -0.25) is 0 Å². The third-order valence-corrected chi connectivity index (χ3v) is 4.85. The van der Waals surface area contributed by atoms with Crippen molar-refractivity contribution in [2.24, 2.45) is 0 Å². The topological polar surface area (TPSA) is 87.5 Å². The summed E-state index contributed by atoms with van der Waals surface area (Å²) in [5.41, 5.74) is 4.04. The summed E-state index contributed by atoms with van der Waals surface area (Å²) in [4.78, 5) is 26.0. The number of aromatic nitrogens is 2. The number of carbonyl (C=O) groups excluding carboxylic acids is 1. The van der Waals surface area contributed by atoms with Gasteiger partial charge in [-0.1, -0.05) is 35.9 Å². The lowest BCUT2D eigenvalue weighted by Crippen LogP contribution is -2.39. The van der Waals surface area contributed by atoms with E-state index in [0.29, 0.717) is 24.2 Å². The van der Waals surface area contributed by atoms with Crippen LogP contribution in [-0.4, -0.2) is 38.3 Å². The molecule has 0 fully saturated rings. The summed E-state index contributed by atoms with van der Waals surface area (Å²) in [5, 5.41) is 16.8. The number of carboxylic acids is 1. The normalized spacial score (nSPS) is 13.1. The molecule has 4 rings (SSSR count). The van der Waals surface area contributed by atoms with Crippen LogP contribution in [0.5, 0.6) is 0 Å². The Kier molecular flexibility index (Phi) is 4.57. The predicted molar refractivity (Wildman–Crippen MR) is 105 cm³/mol. The fourth-order valence-electron chi connectivity index (χ4n) is 3.39. The van der Waals surface area contributed by atoms with Crippen LogP contribution in [0, 0.1) is 6.92 Å². The second kappa shape index (κ2) is 7.19. The Morgan fingerprint density at radius 3 is 2.46 bits per heavy atom. The smallest absolute Gasteiger partial charge is 0.356 e. The minimum absolute atomic E-state index is 0.00770. The second-order valence-electron chi connectivity index (χ2n) is 6.79. The molecule has 0 radical (unpaired) electrons. The lowest BCUT2D eigenvalue weighted by atomic mass is 10.1. The summed E-state index contributed by atoms with van der Waals surface area (Å²) >= 11 is 0. The minimum Gasteiger partial charge on any atom is -0.476 e. The van der Waals surface area contributed by atoms with Gasteiger partial charge in [0.25, 0.3) is 0 Å². The zero-order chi connectivity index (χ0) is 19.7. The number of amides is 2. The number of anilines is 1. The van der Waals surface area contributed by atoms with Crippen LogP contribution in [0.25, 0.3) is 5.69 Å². The van der Waals surface area contributed by atoms with E-state index in [0.717, 1.165) is 16.9 Å². The van der Waals surface area contributed by atoms with Crippen molar-refractivity contribution in [2.75, 3.05) is 11.9 Å².